The van der Waals surface area contributed by atoms with Gasteiger partial charge in [0.15, 0.2) is 0 Å². The molecule has 8 heteroatoms. The second kappa shape index (κ2) is 14.5. The van der Waals surface area contributed by atoms with Gasteiger partial charge < -0.3 is 15.5 Å². The summed E-state index contributed by atoms with van der Waals surface area (Å²) in [5, 5.41) is 6.57. The number of carbonyl (C=O) groups excluding carboxylic acids is 1. The predicted octanol–water partition coefficient (Wildman–Crippen LogP) is 4.90. The largest absolute Gasteiger partial charge is 0.338 e. The fraction of sp³-hybridized carbons (Fsp3) is 0.409. The van der Waals surface area contributed by atoms with Crippen molar-refractivity contribution in [2.24, 2.45) is 0 Å². The normalized spacial score (nSPS) is 14.7. The van der Waals surface area contributed by atoms with Crippen LogP contribution in [0.3, 0.4) is 0 Å². The average Bonchev–Trinajstić information content (AvgIpc) is 2.93. The van der Waals surface area contributed by atoms with E-state index in [1.807, 2.05) is 42.5 Å². The fourth-order valence-electron chi connectivity index (χ4n) is 3.46. The molecule has 0 radical (unpaired) electrons. The summed E-state index contributed by atoms with van der Waals surface area (Å²) < 4.78 is 0. The van der Waals surface area contributed by atoms with Crippen LogP contribution in [-0.4, -0.2) is 55.1 Å². The molecule has 3 rings (SSSR count). The second-order valence-corrected chi connectivity index (χ2v) is 7.63. The summed E-state index contributed by atoms with van der Waals surface area (Å²) in [6, 6.07) is 17.5. The number of nitrogens with one attached hydrogen (secondary N) is 2. The van der Waals surface area contributed by atoms with E-state index in [1.165, 1.54) is 12.0 Å². The molecule has 1 fully saturated rings. The number of urea groups is 1. The monoisotopic (exact) mass is 472 g/mol. The lowest BCUT2D eigenvalue weighted by Gasteiger charge is -2.22. The van der Waals surface area contributed by atoms with Gasteiger partial charge in [-0.2, -0.15) is 0 Å². The third kappa shape index (κ3) is 9.54. The molecule has 30 heavy (non-hydrogen) atoms. The molecule has 0 saturated carbocycles. The lowest BCUT2D eigenvalue weighted by Crippen LogP contribution is -2.34. The van der Waals surface area contributed by atoms with E-state index in [0.29, 0.717) is 6.54 Å². The number of nitrogens with zero attached hydrogens (tertiary/aromatic N) is 2. The lowest BCUT2D eigenvalue weighted by molar-refractivity contribution is 0.244. The van der Waals surface area contributed by atoms with Crippen LogP contribution in [0.2, 0.25) is 5.02 Å². The van der Waals surface area contributed by atoms with Crippen molar-refractivity contribution in [2.45, 2.75) is 19.4 Å². The Balaban J connectivity index is 0.00000225. The van der Waals surface area contributed by atoms with Crippen LogP contribution in [-0.2, 0) is 6.54 Å². The van der Waals surface area contributed by atoms with E-state index in [0.717, 1.165) is 56.4 Å². The molecule has 2 N–H and O–H groups in total. The first-order chi connectivity index (χ1) is 13.7. The van der Waals surface area contributed by atoms with Gasteiger partial charge >= 0.3 is 6.03 Å². The summed E-state index contributed by atoms with van der Waals surface area (Å²) in [6.45, 7) is 7.06. The average molecular weight is 474 g/mol. The highest BCUT2D eigenvalue weighted by atomic mass is 35.5. The molecule has 2 aromatic rings. The quantitative estimate of drug-likeness (QED) is 0.562. The van der Waals surface area contributed by atoms with Crippen LogP contribution in [0.5, 0.6) is 0 Å². The van der Waals surface area contributed by atoms with Crippen molar-refractivity contribution in [2.75, 3.05) is 44.6 Å². The Labute approximate surface area is 197 Å². The third-order valence-electron chi connectivity index (χ3n) is 4.97. The van der Waals surface area contributed by atoms with Gasteiger partial charge in [0.2, 0.25) is 0 Å². The van der Waals surface area contributed by atoms with E-state index >= 15 is 0 Å². The number of rotatable bonds is 7. The van der Waals surface area contributed by atoms with E-state index < -0.39 is 0 Å². The van der Waals surface area contributed by atoms with Crippen molar-refractivity contribution < 1.29 is 4.79 Å². The Kier molecular flexibility index (Phi) is 12.8. The molecule has 2 aromatic carbocycles. The Bertz CT molecular complexity index is 731. The zero-order valence-corrected chi connectivity index (χ0v) is 19.4. The number of anilines is 1. The molecule has 0 bridgehead atoms. The number of halogens is 3. The van der Waals surface area contributed by atoms with Crippen molar-refractivity contribution >= 4 is 48.1 Å². The maximum absolute atomic E-state index is 11.9. The molecule has 1 aliphatic heterocycles. The van der Waals surface area contributed by atoms with Crippen LogP contribution >= 0.6 is 36.4 Å². The molecule has 0 unspecified atom stereocenters. The minimum absolute atomic E-state index is 0. The smallest absolute Gasteiger partial charge is 0.319 e. The van der Waals surface area contributed by atoms with Crippen LogP contribution in [0.1, 0.15) is 18.4 Å². The molecule has 1 aliphatic rings. The van der Waals surface area contributed by atoms with Gasteiger partial charge in [-0.3, -0.25) is 4.90 Å². The lowest BCUT2D eigenvalue weighted by atomic mass is 10.2. The Hall–Kier alpha value is -1.50. The van der Waals surface area contributed by atoms with Gasteiger partial charge in [0.1, 0.15) is 0 Å². The zero-order valence-electron chi connectivity index (χ0n) is 17.1. The first-order valence-electron chi connectivity index (χ1n) is 9.98. The maximum atomic E-state index is 11.9. The molecule has 2 amide bonds. The van der Waals surface area contributed by atoms with Gasteiger partial charge in [0.05, 0.1) is 0 Å². The van der Waals surface area contributed by atoms with Crippen LogP contribution in [0, 0.1) is 0 Å². The molecule has 0 aliphatic carbocycles. The SMILES string of the molecule is Cl.Cl.O=C(NCCCN1CCCN(Cc2ccc(Cl)cc2)CC1)Nc1ccccc1. The van der Waals surface area contributed by atoms with Crippen molar-refractivity contribution in [3.05, 3.63) is 65.2 Å². The minimum atomic E-state index is -0.142. The second-order valence-electron chi connectivity index (χ2n) is 7.20. The first kappa shape index (κ1) is 26.5. The van der Waals surface area contributed by atoms with E-state index in [2.05, 4.69) is 32.6 Å². The Morgan fingerprint density at radius 1 is 0.900 bits per heavy atom. The predicted molar refractivity (Wildman–Crippen MR) is 130 cm³/mol. The summed E-state index contributed by atoms with van der Waals surface area (Å²) in [4.78, 5) is 16.9. The third-order valence-corrected chi connectivity index (χ3v) is 5.22. The van der Waals surface area contributed by atoms with E-state index in [-0.39, 0.29) is 30.8 Å². The van der Waals surface area contributed by atoms with Crippen LogP contribution in [0.4, 0.5) is 10.5 Å². The van der Waals surface area contributed by atoms with Crippen LogP contribution in [0.15, 0.2) is 54.6 Å². The first-order valence-corrected chi connectivity index (χ1v) is 10.4. The molecule has 5 nitrogen and oxygen atoms in total. The van der Waals surface area contributed by atoms with Gasteiger partial charge in [0, 0.05) is 36.9 Å². The number of benzene rings is 2. The molecule has 0 atom stereocenters. The van der Waals surface area contributed by atoms with Crippen molar-refractivity contribution in [1.82, 2.24) is 15.1 Å². The molecular weight excluding hydrogens is 443 g/mol. The summed E-state index contributed by atoms with van der Waals surface area (Å²) in [5.74, 6) is 0. The molecule has 0 aromatic heterocycles. The molecule has 1 saturated heterocycles. The summed E-state index contributed by atoms with van der Waals surface area (Å²) in [6.07, 6.45) is 2.13. The minimum Gasteiger partial charge on any atom is -0.338 e. The Morgan fingerprint density at radius 3 is 2.30 bits per heavy atom. The van der Waals surface area contributed by atoms with Gasteiger partial charge in [-0.25, -0.2) is 4.79 Å². The number of hydrogen-bond donors (Lipinski definition) is 2. The number of para-hydroxylation sites is 1. The highest BCUT2D eigenvalue weighted by Crippen LogP contribution is 2.13. The number of amides is 2. The van der Waals surface area contributed by atoms with Crippen LogP contribution < -0.4 is 10.6 Å². The zero-order chi connectivity index (χ0) is 19.6. The topological polar surface area (TPSA) is 47.6 Å². The molecule has 1 heterocycles. The van der Waals surface area contributed by atoms with Crippen LogP contribution in [0.25, 0.3) is 0 Å². The summed E-state index contributed by atoms with van der Waals surface area (Å²) in [5.41, 5.74) is 2.12. The van der Waals surface area contributed by atoms with Gasteiger partial charge in [0.25, 0.3) is 0 Å². The molecule has 166 valence electrons. The highest BCUT2D eigenvalue weighted by Gasteiger charge is 2.14. The highest BCUT2D eigenvalue weighted by molar-refractivity contribution is 6.30. The van der Waals surface area contributed by atoms with Gasteiger partial charge in [-0.05, 0) is 62.3 Å². The number of hydrogen-bond acceptors (Lipinski definition) is 3. The van der Waals surface area contributed by atoms with Gasteiger partial charge in [-0.1, -0.05) is 41.9 Å². The maximum Gasteiger partial charge on any atom is 0.319 e. The van der Waals surface area contributed by atoms with E-state index in [4.69, 9.17) is 11.6 Å². The van der Waals surface area contributed by atoms with Crippen molar-refractivity contribution in [1.29, 1.82) is 0 Å². The van der Waals surface area contributed by atoms with E-state index in [9.17, 15) is 4.79 Å². The molecular formula is C22H31Cl3N4O. The summed E-state index contributed by atoms with van der Waals surface area (Å²) in [7, 11) is 0. The summed E-state index contributed by atoms with van der Waals surface area (Å²) >= 11 is 5.97. The molecule has 0 spiro atoms. The van der Waals surface area contributed by atoms with E-state index in [1.54, 1.807) is 0 Å². The van der Waals surface area contributed by atoms with Crippen molar-refractivity contribution in [3.63, 3.8) is 0 Å². The standard InChI is InChI=1S/C22H29ClN4O.2ClH/c23-20-10-8-19(9-11-20)18-27-15-5-14-26(16-17-27)13-4-12-24-22(28)25-21-6-2-1-3-7-21;;/h1-3,6-11H,4-5,12-18H2,(H2,24,25,28);2*1H. The number of carbonyl (C=O) groups is 1. The van der Waals surface area contributed by atoms with Gasteiger partial charge in [-0.15, -0.1) is 24.8 Å². The Morgan fingerprint density at radius 2 is 1.57 bits per heavy atom. The van der Waals surface area contributed by atoms with Crippen molar-refractivity contribution in [3.8, 4) is 0 Å². The fourth-order valence-corrected chi connectivity index (χ4v) is 3.58.